The number of benzene rings is 2. The smallest absolute Gasteiger partial charge is 0.246 e. The molecule has 2 aliphatic rings. The second-order valence-corrected chi connectivity index (χ2v) is 18.4. The van der Waals surface area contributed by atoms with Gasteiger partial charge in [0.25, 0.3) is 0 Å². The van der Waals surface area contributed by atoms with E-state index in [-0.39, 0.29) is 69.9 Å². The average molecular weight is 930 g/mol. The molecular formula is C44H57F2N7O9S2. The molecule has 5 N–H and O–H groups in total. The number of β-amino-alcohol motifs (C(OH)–C–C–N with tert-alkyl or cyclic N) is 1. The van der Waals surface area contributed by atoms with Gasteiger partial charge in [-0.1, -0.05) is 45.0 Å². The summed E-state index contributed by atoms with van der Waals surface area (Å²) in [7, 11) is 0. The molecule has 2 saturated heterocycles. The first kappa shape index (κ1) is 48.8. The molecule has 16 nitrogen and oxygen atoms in total. The van der Waals surface area contributed by atoms with Crippen LogP contribution < -0.4 is 25.6 Å². The largest absolute Gasteiger partial charge is 0.486 e. The molecule has 1 unspecified atom stereocenters. The summed E-state index contributed by atoms with van der Waals surface area (Å²) in [5.41, 5.74) is 4.58. The molecule has 3 amide bonds. The van der Waals surface area contributed by atoms with Crippen molar-refractivity contribution in [1.29, 1.82) is 0 Å². The normalized spacial score (nSPS) is 18.1. The first-order chi connectivity index (χ1) is 30.6. The highest BCUT2D eigenvalue weighted by Crippen LogP contribution is 2.37. The summed E-state index contributed by atoms with van der Waals surface area (Å²) >= 11 is 2.93. The van der Waals surface area contributed by atoms with Crippen molar-refractivity contribution in [3.63, 3.8) is 0 Å². The van der Waals surface area contributed by atoms with Crippen molar-refractivity contribution in [3.8, 4) is 27.4 Å². The summed E-state index contributed by atoms with van der Waals surface area (Å²) in [5.74, 6) is -4.07. The summed E-state index contributed by atoms with van der Waals surface area (Å²) in [4.78, 5) is 54.0. The maximum atomic E-state index is 14.9. The fourth-order valence-electron chi connectivity index (χ4n) is 7.28. The number of carbonyl (C=O) groups excluding carboxylic acids is 3. The molecular weight excluding hydrogens is 873 g/mol. The van der Waals surface area contributed by atoms with E-state index >= 15 is 0 Å². The molecule has 0 spiro atoms. The van der Waals surface area contributed by atoms with Gasteiger partial charge in [0.1, 0.15) is 31.5 Å². The van der Waals surface area contributed by atoms with Gasteiger partial charge < -0.3 is 49.6 Å². The molecule has 64 heavy (non-hydrogen) atoms. The third-order valence-electron chi connectivity index (χ3n) is 10.8. The summed E-state index contributed by atoms with van der Waals surface area (Å²) < 4.78 is 51.1. The van der Waals surface area contributed by atoms with Crippen LogP contribution in [0.4, 0.5) is 13.9 Å². The first-order valence-corrected chi connectivity index (χ1v) is 22.9. The fourth-order valence-corrected chi connectivity index (χ4v) is 8.98. The van der Waals surface area contributed by atoms with E-state index in [9.17, 15) is 33.4 Å². The van der Waals surface area contributed by atoms with E-state index in [1.54, 1.807) is 43.0 Å². The van der Waals surface area contributed by atoms with Gasteiger partial charge in [0.15, 0.2) is 16.7 Å². The highest BCUT2D eigenvalue weighted by molar-refractivity contribution is 7.14. The molecule has 0 bridgehead atoms. The van der Waals surface area contributed by atoms with Crippen molar-refractivity contribution < 1.29 is 52.3 Å². The van der Waals surface area contributed by atoms with Crippen LogP contribution in [-0.2, 0) is 28.6 Å². The van der Waals surface area contributed by atoms with Gasteiger partial charge in [0, 0.05) is 43.5 Å². The van der Waals surface area contributed by atoms with E-state index in [1.165, 1.54) is 22.3 Å². The van der Waals surface area contributed by atoms with Crippen molar-refractivity contribution in [3.05, 3.63) is 70.2 Å². The number of aliphatic hydroxyl groups excluding tert-OH is 2. The Bertz CT molecular complexity index is 2180. The zero-order chi connectivity index (χ0) is 46.0. The van der Waals surface area contributed by atoms with E-state index in [1.807, 2.05) is 38.1 Å². The van der Waals surface area contributed by atoms with Gasteiger partial charge >= 0.3 is 0 Å². The van der Waals surface area contributed by atoms with E-state index in [0.717, 1.165) is 32.9 Å². The number of aliphatic hydroxyl groups is 2. The first-order valence-electron chi connectivity index (χ1n) is 21.2. The highest BCUT2D eigenvalue weighted by Gasteiger charge is 2.44. The van der Waals surface area contributed by atoms with Crippen LogP contribution in [0, 0.1) is 24.0 Å². The van der Waals surface area contributed by atoms with Gasteiger partial charge in [-0.05, 0) is 42.5 Å². The van der Waals surface area contributed by atoms with Crippen molar-refractivity contribution in [2.45, 2.75) is 71.5 Å². The number of rotatable bonds is 20. The minimum absolute atomic E-state index is 0.0467. The van der Waals surface area contributed by atoms with Crippen LogP contribution in [0.5, 0.6) is 5.75 Å². The number of thiazole rings is 2. The number of hydrogen-bond acceptors (Lipinski definition) is 15. The molecule has 2 fully saturated rings. The van der Waals surface area contributed by atoms with Gasteiger partial charge in [0.2, 0.25) is 23.5 Å². The third-order valence-corrected chi connectivity index (χ3v) is 12.7. The van der Waals surface area contributed by atoms with Crippen molar-refractivity contribution in [1.82, 2.24) is 30.8 Å². The fraction of sp³-hybridized carbons (Fsp3) is 0.523. The number of likely N-dealkylation sites (tertiary alicyclic amines) is 1. The van der Waals surface area contributed by atoms with Crippen LogP contribution in [0.1, 0.15) is 51.4 Å². The minimum atomic E-state index is -1.24. The number of anilines is 1. The number of halogens is 2. The Kier molecular flexibility index (Phi) is 17.1. The van der Waals surface area contributed by atoms with Crippen molar-refractivity contribution in [2.75, 3.05) is 77.3 Å². The number of carbonyl (C=O) groups is 3. The quantitative estimate of drug-likeness (QED) is 0.0630. The van der Waals surface area contributed by atoms with Crippen LogP contribution in [0.25, 0.3) is 21.7 Å². The van der Waals surface area contributed by atoms with Crippen molar-refractivity contribution in [2.24, 2.45) is 5.41 Å². The van der Waals surface area contributed by atoms with E-state index in [4.69, 9.17) is 18.9 Å². The van der Waals surface area contributed by atoms with E-state index in [2.05, 4.69) is 30.8 Å². The number of aromatic nitrogens is 2. The lowest BCUT2D eigenvalue weighted by atomic mass is 9.85. The molecule has 20 heteroatoms. The Labute approximate surface area is 379 Å². The summed E-state index contributed by atoms with van der Waals surface area (Å²) in [5, 5.41) is 32.0. The van der Waals surface area contributed by atoms with Crippen LogP contribution in [-0.4, -0.2) is 140 Å². The van der Waals surface area contributed by atoms with Crippen LogP contribution in [0.2, 0.25) is 0 Å². The number of hydrogen-bond donors (Lipinski definition) is 5. The molecule has 6 rings (SSSR count). The second kappa shape index (κ2) is 22.5. The van der Waals surface area contributed by atoms with Crippen molar-refractivity contribution >= 4 is 45.5 Å². The van der Waals surface area contributed by atoms with Gasteiger partial charge in [-0.15, -0.1) is 22.7 Å². The molecule has 0 radical (unpaired) electrons. The van der Waals surface area contributed by atoms with Gasteiger partial charge in [-0.3, -0.25) is 19.7 Å². The third kappa shape index (κ3) is 12.8. The molecule has 5 atom stereocenters. The number of aryl methyl sites for hydroxylation is 1. The standard InChI is InChI=1S/C44H57F2N7O9S2/c1-26(28-6-8-29(9-7-28)39-27(2)48-25-64-39)49-41(57)34-20-30(54)21-53(34)42(58)40(44(3,4)5)51-36(56)22-61-19-18-59-15-12-47-35(55)23-62-38-31(10-11-32(45)37(38)46)33-24-63-43(50-33)52-13-16-60-17-14-52/h6-11,24-26,30,34-35,40,47,54-55H,12-23H2,1-5H3,(H,49,57)(H,51,56)/t26-,30+,34-,35?,40+/m0/s1. The number of nitrogens with zero attached hydrogens (tertiary/aromatic N) is 4. The van der Waals surface area contributed by atoms with E-state index < -0.39 is 59.2 Å². The summed E-state index contributed by atoms with van der Waals surface area (Å²) in [6.45, 7) is 11.4. The lowest BCUT2D eigenvalue weighted by molar-refractivity contribution is -0.144. The topological polar surface area (TPSA) is 197 Å². The summed E-state index contributed by atoms with van der Waals surface area (Å²) in [6, 6.07) is 7.91. The summed E-state index contributed by atoms with van der Waals surface area (Å²) in [6.07, 6.45) is -2.09. The average Bonchev–Trinajstić information content (AvgIpc) is 4.04. The number of amides is 3. The Morgan fingerprint density at radius 1 is 1.02 bits per heavy atom. The predicted octanol–water partition coefficient (Wildman–Crippen LogP) is 4.05. The number of morpholine rings is 1. The zero-order valence-corrected chi connectivity index (χ0v) is 38.2. The second-order valence-electron chi connectivity index (χ2n) is 16.7. The SMILES string of the molecule is Cc1ncsc1-c1ccc([C@H](C)NC(=O)[C@@H]2C[C@@H](O)CN2C(=O)[C@@H](NC(=O)COCCOCCNC(O)COc2c(-c3csc(N4CCOCC4)n3)ccc(F)c2F)C(C)(C)C)cc1. The predicted molar refractivity (Wildman–Crippen MR) is 238 cm³/mol. The monoisotopic (exact) mass is 929 g/mol. The molecule has 0 saturated carbocycles. The molecule has 348 valence electrons. The zero-order valence-electron chi connectivity index (χ0n) is 36.6. The molecule has 2 aromatic carbocycles. The molecule has 0 aliphatic carbocycles. The van der Waals surface area contributed by atoms with E-state index in [0.29, 0.717) is 32.0 Å². The maximum Gasteiger partial charge on any atom is 0.246 e. The minimum Gasteiger partial charge on any atom is -0.486 e. The number of ether oxygens (including phenoxy) is 4. The molecule has 2 aromatic heterocycles. The maximum absolute atomic E-state index is 14.9. The van der Waals surface area contributed by atoms with Crippen LogP contribution >= 0.6 is 22.7 Å². The van der Waals surface area contributed by atoms with Crippen LogP contribution in [0.3, 0.4) is 0 Å². The molecule has 4 heterocycles. The molecule has 4 aromatic rings. The van der Waals surface area contributed by atoms with Crippen LogP contribution in [0.15, 0.2) is 47.3 Å². The lowest BCUT2D eigenvalue weighted by Gasteiger charge is -2.35. The Morgan fingerprint density at radius 3 is 2.45 bits per heavy atom. The Balaban J connectivity index is 0.899. The Morgan fingerprint density at radius 2 is 1.75 bits per heavy atom. The lowest BCUT2D eigenvalue weighted by Crippen LogP contribution is -2.58. The highest BCUT2D eigenvalue weighted by atomic mass is 32.1. The van der Waals surface area contributed by atoms with Gasteiger partial charge in [0.05, 0.1) is 67.0 Å². The number of nitrogens with one attached hydrogen (secondary N) is 3. The van der Waals surface area contributed by atoms with Gasteiger partial charge in [-0.2, -0.15) is 4.39 Å². The molecule has 2 aliphatic heterocycles. The Hall–Kier alpha value is -4.67. The van der Waals surface area contributed by atoms with Gasteiger partial charge in [-0.25, -0.2) is 14.4 Å².